The van der Waals surface area contributed by atoms with Crippen molar-refractivity contribution in [3.05, 3.63) is 47.8 Å². The van der Waals surface area contributed by atoms with Crippen molar-refractivity contribution in [1.82, 2.24) is 0 Å². The second-order valence-corrected chi connectivity index (χ2v) is 5.90. The van der Waals surface area contributed by atoms with Gasteiger partial charge in [0.2, 0.25) is 0 Å². The van der Waals surface area contributed by atoms with Crippen molar-refractivity contribution in [3.8, 4) is 22.6 Å². The van der Waals surface area contributed by atoms with Crippen LogP contribution in [0.3, 0.4) is 0 Å². The van der Waals surface area contributed by atoms with E-state index in [1.165, 1.54) is 13.2 Å². The molecule has 23 heavy (non-hydrogen) atoms. The number of methoxy groups -OCH3 is 1. The van der Waals surface area contributed by atoms with Crippen LogP contribution in [0.4, 0.5) is 4.39 Å². The molecule has 4 nitrogen and oxygen atoms in total. The van der Waals surface area contributed by atoms with Crippen LogP contribution in [0.15, 0.2) is 36.4 Å². The molecule has 0 unspecified atom stereocenters. The van der Waals surface area contributed by atoms with Crippen LogP contribution in [0.5, 0.6) is 11.5 Å². The van der Waals surface area contributed by atoms with E-state index in [-0.39, 0.29) is 12.4 Å². The Balaban J connectivity index is 2.57. The van der Waals surface area contributed by atoms with Crippen LogP contribution in [-0.4, -0.2) is 24.4 Å². The van der Waals surface area contributed by atoms with Gasteiger partial charge in [0, 0.05) is 17.7 Å². The normalized spacial score (nSPS) is 11.4. The standard InChI is InChI=1S/C18H22FNO3/c1-18(2,11-20)23-17-8-12(10-21)4-6-14(17)15-9-13(22-3)5-7-16(15)19/h4-9,21H,10-11,20H2,1-3H3. The quantitative estimate of drug-likeness (QED) is 0.858. The first-order valence-corrected chi connectivity index (χ1v) is 7.37. The number of halogens is 1. The van der Waals surface area contributed by atoms with Gasteiger partial charge in [0.1, 0.15) is 22.9 Å². The molecule has 124 valence electrons. The van der Waals surface area contributed by atoms with Gasteiger partial charge in [-0.05, 0) is 43.7 Å². The minimum Gasteiger partial charge on any atom is -0.497 e. The smallest absolute Gasteiger partial charge is 0.131 e. The van der Waals surface area contributed by atoms with E-state index in [9.17, 15) is 9.50 Å². The van der Waals surface area contributed by atoms with E-state index >= 15 is 0 Å². The van der Waals surface area contributed by atoms with Crippen LogP contribution in [-0.2, 0) is 6.61 Å². The van der Waals surface area contributed by atoms with Crippen LogP contribution >= 0.6 is 0 Å². The predicted molar refractivity (Wildman–Crippen MR) is 88.1 cm³/mol. The van der Waals surface area contributed by atoms with Gasteiger partial charge in [-0.15, -0.1) is 0 Å². The molecule has 0 radical (unpaired) electrons. The predicted octanol–water partition coefficient (Wildman–Crippen LogP) is 3.11. The maximum absolute atomic E-state index is 14.3. The van der Waals surface area contributed by atoms with Gasteiger partial charge < -0.3 is 20.3 Å². The van der Waals surface area contributed by atoms with Gasteiger partial charge in [0.25, 0.3) is 0 Å². The van der Waals surface area contributed by atoms with Gasteiger partial charge in [-0.1, -0.05) is 12.1 Å². The molecule has 2 rings (SSSR count). The second kappa shape index (κ2) is 6.98. The summed E-state index contributed by atoms with van der Waals surface area (Å²) in [5.41, 5.74) is 6.74. The van der Waals surface area contributed by atoms with Crippen molar-refractivity contribution in [3.63, 3.8) is 0 Å². The van der Waals surface area contributed by atoms with Gasteiger partial charge in [-0.2, -0.15) is 0 Å². The lowest BCUT2D eigenvalue weighted by Crippen LogP contribution is -2.37. The molecule has 3 N–H and O–H groups in total. The van der Waals surface area contributed by atoms with Gasteiger partial charge >= 0.3 is 0 Å². The first kappa shape index (κ1) is 17.2. The highest BCUT2D eigenvalue weighted by Gasteiger charge is 2.21. The number of benzene rings is 2. The molecule has 0 aliphatic carbocycles. The number of ether oxygens (including phenoxy) is 2. The molecule has 0 aliphatic rings. The number of hydrogen-bond donors (Lipinski definition) is 2. The van der Waals surface area contributed by atoms with E-state index < -0.39 is 5.60 Å². The lowest BCUT2D eigenvalue weighted by atomic mass is 10.0. The van der Waals surface area contributed by atoms with Crippen LogP contribution in [0.2, 0.25) is 0 Å². The Hall–Kier alpha value is -2.11. The molecule has 2 aromatic rings. The molecule has 0 atom stereocenters. The monoisotopic (exact) mass is 319 g/mol. The maximum Gasteiger partial charge on any atom is 0.131 e. The fourth-order valence-corrected chi connectivity index (χ4v) is 2.15. The lowest BCUT2D eigenvalue weighted by Gasteiger charge is -2.26. The molecule has 0 saturated carbocycles. The van der Waals surface area contributed by atoms with E-state index in [1.807, 2.05) is 13.8 Å². The molecule has 0 fully saturated rings. The Morgan fingerprint density at radius 2 is 1.87 bits per heavy atom. The van der Waals surface area contributed by atoms with E-state index in [0.717, 1.165) is 0 Å². The Morgan fingerprint density at radius 1 is 1.13 bits per heavy atom. The average molecular weight is 319 g/mol. The van der Waals surface area contributed by atoms with Crippen molar-refractivity contribution < 1.29 is 19.0 Å². The molecule has 0 heterocycles. The van der Waals surface area contributed by atoms with Gasteiger partial charge in [-0.25, -0.2) is 4.39 Å². The zero-order valence-corrected chi connectivity index (χ0v) is 13.6. The third-order valence-electron chi connectivity index (χ3n) is 3.57. The zero-order valence-electron chi connectivity index (χ0n) is 13.6. The van der Waals surface area contributed by atoms with Crippen LogP contribution in [0, 0.1) is 5.82 Å². The van der Waals surface area contributed by atoms with Crippen LogP contribution in [0.25, 0.3) is 11.1 Å². The minimum absolute atomic E-state index is 0.125. The summed E-state index contributed by atoms with van der Waals surface area (Å²) in [6.45, 7) is 3.88. The third-order valence-corrected chi connectivity index (χ3v) is 3.57. The molecule has 0 saturated heterocycles. The van der Waals surface area contributed by atoms with Crippen LogP contribution in [0.1, 0.15) is 19.4 Å². The van der Waals surface area contributed by atoms with E-state index in [4.69, 9.17) is 15.2 Å². The molecule has 0 aromatic heterocycles. The SMILES string of the molecule is COc1ccc(F)c(-c2ccc(CO)cc2OC(C)(C)CN)c1. The summed E-state index contributed by atoms with van der Waals surface area (Å²) in [6.07, 6.45) is 0. The molecular formula is C18H22FNO3. The second-order valence-electron chi connectivity index (χ2n) is 5.90. The van der Waals surface area contributed by atoms with Gasteiger partial charge in [0.05, 0.1) is 13.7 Å². The highest BCUT2D eigenvalue weighted by molar-refractivity contribution is 5.72. The summed E-state index contributed by atoms with van der Waals surface area (Å²) in [5, 5.41) is 9.34. The highest BCUT2D eigenvalue weighted by atomic mass is 19.1. The fraction of sp³-hybridized carbons (Fsp3) is 0.333. The summed E-state index contributed by atoms with van der Waals surface area (Å²) in [4.78, 5) is 0. The fourth-order valence-electron chi connectivity index (χ4n) is 2.15. The van der Waals surface area contributed by atoms with Crippen LogP contribution < -0.4 is 15.2 Å². The third kappa shape index (κ3) is 4.00. The molecule has 2 aromatic carbocycles. The molecule has 0 bridgehead atoms. The van der Waals surface area contributed by atoms with Crippen molar-refractivity contribution in [2.75, 3.05) is 13.7 Å². The Kier molecular flexibility index (Phi) is 5.23. The van der Waals surface area contributed by atoms with E-state index in [2.05, 4.69) is 0 Å². The number of aliphatic hydroxyl groups is 1. The Labute approximate surface area is 135 Å². The summed E-state index contributed by atoms with van der Waals surface area (Å²) in [5.74, 6) is 0.647. The molecule has 0 amide bonds. The maximum atomic E-state index is 14.3. The van der Waals surface area contributed by atoms with Crippen molar-refractivity contribution in [1.29, 1.82) is 0 Å². The number of nitrogens with two attached hydrogens (primary N) is 1. The van der Waals surface area contributed by atoms with Gasteiger partial charge in [0.15, 0.2) is 0 Å². The average Bonchev–Trinajstić information content (AvgIpc) is 2.55. The van der Waals surface area contributed by atoms with Crippen molar-refractivity contribution in [2.45, 2.75) is 26.1 Å². The van der Waals surface area contributed by atoms with E-state index in [1.54, 1.807) is 30.3 Å². The number of rotatable bonds is 6. The Bertz CT molecular complexity index is 686. The molecule has 5 heteroatoms. The number of hydrogen-bond acceptors (Lipinski definition) is 4. The lowest BCUT2D eigenvalue weighted by molar-refractivity contribution is 0.119. The molecule has 0 aliphatic heterocycles. The first-order valence-electron chi connectivity index (χ1n) is 7.37. The van der Waals surface area contributed by atoms with Gasteiger partial charge in [-0.3, -0.25) is 0 Å². The number of aliphatic hydroxyl groups excluding tert-OH is 1. The summed E-state index contributed by atoms with van der Waals surface area (Å²) >= 11 is 0. The highest BCUT2D eigenvalue weighted by Crippen LogP contribution is 2.36. The van der Waals surface area contributed by atoms with E-state index in [0.29, 0.717) is 34.7 Å². The largest absolute Gasteiger partial charge is 0.497 e. The molecule has 0 spiro atoms. The summed E-state index contributed by atoms with van der Waals surface area (Å²) < 4.78 is 25.4. The topological polar surface area (TPSA) is 64.7 Å². The molecular weight excluding hydrogens is 297 g/mol. The zero-order chi connectivity index (χ0) is 17.0. The van der Waals surface area contributed by atoms with Crippen molar-refractivity contribution in [2.24, 2.45) is 5.73 Å². The van der Waals surface area contributed by atoms with Crippen molar-refractivity contribution >= 4 is 0 Å². The Morgan fingerprint density at radius 3 is 2.48 bits per heavy atom. The minimum atomic E-state index is -0.613. The summed E-state index contributed by atoms with van der Waals surface area (Å²) in [6, 6.07) is 9.69. The first-order chi connectivity index (χ1) is 10.9. The summed E-state index contributed by atoms with van der Waals surface area (Å²) in [7, 11) is 1.53.